The summed E-state index contributed by atoms with van der Waals surface area (Å²) >= 11 is 0. The molecule has 0 aliphatic heterocycles. The molecule has 0 saturated carbocycles. The molecule has 0 amide bonds. The Kier molecular flexibility index (Phi) is 6.39. The lowest BCUT2D eigenvalue weighted by Crippen LogP contribution is -2.36. The number of aliphatic hydroxyl groups is 1. The predicted octanol–water partition coefficient (Wildman–Crippen LogP) is 1.78. The van der Waals surface area contributed by atoms with Crippen molar-refractivity contribution in [3.8, 4) is 0 Å². The van der Waals surface area contributed by atoms with Gasteiger partial charge in [-0.15, -0.1) is 0 Å². The van der Waals surface area contributed by atoms with Crippen LogP contribution in [0.5, 0.6) is 0 Å². The zero-order valence-corrected chi connectivity index (χ0v) is 8.80. The van der Waals surface area contributed by atoms with Crippen molar-refractivity contribution in [3.63, 3.8) is 0 Å². The first kappa shape index (κ1) is 11.9. The fraction of sp³-hybridized carbons (Fsp3) is 1.00. The van der Waals surface area contributed by atoms with E-state index in [0.29, 0.717) is 12.0 Å². The van der Waals surface area contributed by atoms with Crippen molar-refractivity contribution in [2.45, 2.75) is 52.7 Å². The second-order valence-corrected chi connectivity index (χ2v) is 3.88. The zero-order chi connectivity index (χ0) is 9.56. The van der Waals surface area contributed by atoms with Crippen LogP contribution < -0.4 is 5.32 Å². The van der Waals surface area contributed by atoms with Crippen molar-refractivity contribution < 1.29 is 5.11 Å². The van der Waals surface area contributed by atoms with Crippen LogP contribution in [0, 0.1) is 5.92 Å². The molecule has 0 heterocycles. The Morgan fingerprint density at radius 1 is 1.25 bits per heavy atom. The number of rotatable bonds is 6. The van der Waals surface area contributed by atoms with E-state index in [-0.39, 0.29) is 6.10 Å². The third kappa shape index (κ3) is 5.56. The van der Waals surface area contributed by atoms with E-state index in [1.807, 2.05) is 0 Å². The molecule has 0 fully saturated rings. The quantitative estimate of drug-likeness (QED) is 0.641. The van der Waals surface area contributed by atoms with E-state index in [9.17, 15) is 5.11 Å². The largest absolute Gasteiger partial charge is 0.392 e. The van der Waals surface area contributed by atoms with E-state index < -0.39 is 0 Å². The summed E-state index contributed by atoms with van der Waals surface area (Å²) in [6.07, 6.45) is 1.78. The minimum absolute atomic E-state index is 0.170. The first-order valence-corrected chi connectivity index (χ1v) is 4.99. The minimum atomic E-state index is -0.170. The van der Waals surface area contributed by atoms with Gasteiger partial charge in [-0.1, -0.05) is 27.2 Å². The summed E-state index contributed by atoms with van der Waals surface area (Å²) in [5.41, 5.74) is 0. The van der Waals surface area contributed by atoms with Crippen LogP contribution >= 0.6 is 0 Å². The SMILES string of the molecule is CCCC(O)CNC(C)C(C)C. The minimum Gasteiger partial charge on any atom is -0.392 e. The number of aliphatic hydroxyl groups excluding tert-OH is 1. The molecule has 0 aliphatic rings. The lowest BCUT2D eigenvalue weighted by atomic mass is 10.1. The Balaban J connectivity index is 3.40. The van der Waals surface area contributed by atoms with Gasteiger partial charge < -0.3 is 10.4 Å². The second kappa shape index (κ2) is 6.44. The van der Waals surface area contributed by atoms with Gasteiger partial charge in [-0.3, -0.25) is 0 Å². The molecular formula is C10H23NO. The summed E-state index contributed by atoms with van der Waals surface area (Å²) in [5, 5.41) is 12.7. The smallest absolute Gasteiger partial charge is 0.0664 e. The molecule has 2 N–H and O–H groups in total. The van der Waals surface area contributed by atoms with Crippen molar-refractivity contribution in [2.24, 2.45) is 5.92 Å². The van der Waals surface area contributed by atoms with Crippen molar-refractivity contribution in [1.82, 2.24) is 5.32 Å². The van der Waals surface area contributed by atoms with E-state index >= 15 is 0 Å². The molecule has 2 heteroatoms. The molecule has 0 bridgehead atoms. The van der Waals surface area contributed by atoms with Crippen LogP contribution in [0.15, 0.2) is 0 Å². The Morgan fingerprint density at radius 2 is 1.83 bits per heavy atom. The van der Waals surface area contributed by atoms with Gasteiger partial charge in [0, 0.05) is 12.6 Å². The zero-order valence-electron chi connectivity index (χ0n) is 8.80. The van der Waals surface area contributed by atoms with Crippen LogP contribution in [0.3, 0.4) is 0 Å². The Morgan fingerprint density at radius 3 is 2.25 bits per heavy atom. The molecule has 0 rings (SSSR count). The highest BCUT2D eigenvalue weighted by molar-refractivity contribution is 4.67. The maximum absolute atomic E-state index is 9.42. The van der Waals surface area contributed by atoms with Gasteiger partial charge >= 0.3 is 0 Å². The van der Waals surface area contributed by atoms with E-state index in [0.717, 1.165) is 19.4 Å². The predicted molar refractivity (Wildman–Crippen MR) is 53.2 cm³/mol. The average molecular weight is 173 g/mol. The molecule has 0 aliphatic carbocycles. The fourth-order valence-electron chi connectivity index (χ4n) is 0.993. The third-order valence-electron chi connectivity index (χ3n) is 2.30. The molecule has 0 aromatic carbocycles. The topological polar surface area (TPSA) is 32.3 Å². The van der Waals surface area contributed by atoms with Crippen LogP contribution in [0.4, 0.5) is 0 Å². The molecule has 0 radical (unpaired) electrons. The van der Waals surface area contributed by atoms with Crippen LogP contribution in [0.25, 0.3) is 0 Å². The van der Waals surface area contributed by atoms with Gasteiger partial charge in [-0.05, 0) is 19.3 Å². The average Bonchev–Trinajstić information content (AvgIpc) is 2.00. The molecule has 12 heavy (non-hydrogen) atoms. The molecule has 0 spiro atoms. The Labute approximate surface area is 76.4 Å². The number of hydrogen-bond donors (Lipinski definition) is 2. The first-order chi connectivity index (χ1) is 5.57. The van der Waals surface area contributed by atoms with E-state index in [2.05, 4.69) is 33.0 Å². The summed E-state index contributed by atoms with van der Waals surface area (Å²) in [7, 11) is 0. The lowest BCUT2D eigenvalue weighted by molar-refractivity contribution is 0.154. The molecule has 0 saturated heterocycles. The van der Waals surface area contributed by atoms with Crippen molar-refractivity contribution in [2.75, 3.05) is 6.54 Å². The van der Waals surface area contributed by atoms with Crippen molar-refractivity contribution in [1.29, 1.82) is 0 Å². The van der Waals surface area contributed by atoms with Gasteiger partial charge in [0.2, 0.25) is 0 Å². The third-order valence-corrected chi connectivity index (χ3v) is 2.30. The first-order valence-electron chi connectivity index (χ1n) is 4.99. The molecule has 74 valence electrons. The normalized spacial score (nSPS) is 16.5. The van der Waals surface area contributed by atoms with Gasteiger partial charge in [0.25, 0.3) is 0 Å². The highest BCUT2D eigenvalue weighted by Crippen LogP contribution is 2.01. The molecule has 2 nitrogen and oxygen atoms in total. The summed E-state index contributed by atoms with van der Waals surface area (Å²) in [4.78, 5) is 0. The maximum Gasteiger partial charge on any atom is 0.0664 e. The summed E-state index contributed by atoms with van der Waals surface area (Å²) in [6, 6.07) is 0.497. The number of hydrogen-bond acceptors (Lipinski definition) is 2. The van der Waals surface area contributed by atoms with Gasteiger partial charge in [-0.25, -0.2) is 0 Å². The van der Waals surface area contributed by atoms with Gasteiger partial charge in [-0.2, -0.15) is 0 Å². The summed E-state index contributed by atoms with van der Waals surface area (Å²) in [6.45, 7) is 9.35. The standard InChI is InChI=1S/C10H23NO/c1-5-6-10(12)7-11-9(4)8(2)3/h8-12H,5-7H2,1-4H3. The molecule has 2 unspecified atom stereocenters. The lowest BCUT2D eigenvalue weighted by Gasteiger charge is -2.19. The molecule has 0 aromatic rings. The van der Waals surface area contributed by atoms with E-state index in [1.165, 1.54) is 0 Å². The molecule has 2 atom stereocenters. The van der Waals surface area contributed by atoms with Crippen LogP contribution in [0.2, 0.25) is 0 Å². The summed E-state index contributed by atoms with van der Waals surface area (Å²) < 4.78 is 0. The van der Waals surface area contributed by atoms with Crippen LogP contribution in [-0.2, 0) is 0 Å². The van der Waals surface area contributed by atoms with E-state index in [1.54, 1.807) is 0 Å². The fourth-order valence-corrected chi connectivity index (χ4v) is 0.993. The van der Waals surface area contributed by atoms with Gasteiger partial charge in [0.05, 0.1) is 6.10 Å². The van der Waals surface area contributed by atoms with Gasteiger partial charge in [0.1, 0.15) is 0 Å². The Bertz CT molecular complexity index is 104. The van der Waals surface area contributed by atoms with Crippen molar-refractivity contribution >= 4 is 0 Å². The summed E-state index contributed by atoms with van der Waals surface area (Å²) in [5.74, 6) is 0.638. The van der Waals surface area contributed by atoms with E-state index in [4.69, 9.17) is 0 Å². The van der Waals surface area contributed by atoms with Crippen molar-refractivity contribution in [3.05, 3.63) is 0 Å². The molecule has 0 aromatic heterocycles. The van der Waals surface area contributed by atoms with Gasteiger partial charge in [0.15, 0.2) is 0 Å². The van der Waals surface area contributed by atoms with Crippen LogP contribution in [0.1, 0.15) is 40.5 Å². The maximum atomic E-state index is 9.42. The highest BCUT2D eigenvalue weighted by Gasteiger charge is 2.08. The molecular weight excluding hydrogens is 150 g/mol. The monoisotopic (exact) mass is 173 g/mol. The Hall–Kier alpha value is -0.0800. The number of nitrogens with one attached hydrogen (secondary N) is 1. The highest BCUT2D eigenvalue weighted by atomic mass is 16.3. The van der Waals surface area contributed by atoms with Crippen LogP contribution in [-0.4, -0.2) is 23.8 Å². The second-order valence-electron chi connectivity index (χ2n) is 3.88.